The Kier molecular flexibility index (Phi) is 5.50. The summed E-state index contributed by atoms with van der Waals surface area (Å²) < 4.78 is 0. The van der Waals surface area contributed by atoms with Crippen molar-refractivity contribution in [3.63, 3.8) is 0 Å². The van der Waals surface area contributed by atoms with Crippen molar-refractivity contribution < 1.29 is 9.59 Å². The van der Waals surface area contributed by atoms with Gasteiger partial charge in [0.2, 0.25) is 5.91 Å². The quantitative estimate of drug-likeness (QED) is 0.827. The van der Waals surface area contributed by atoms with Gasteiger partial charge in [-0.25, -0.2) is 0 Å². The first kappa shape index (κ1) is 18.4. The molecule has 0 bridgehead atoms. The number of carbonyl (C=O) groups is 2. The van der Waals surface area contributed by atoms with E-state index in [-0.39, 0.29) is 17.6 Å². The highest BCUT2D eigenvalue weighted by molar-refractivity contribution is 5.94. The molecule has 7 heteroatoms. The summed E-state index contributed by atoms with van der Waals surface area (Å²) in [6.07, 6.45) is 6.56. The zero-order valence-corrected chi connectivity index (χ0v) is 15.9. The fraction of sp³-hybridized carbons (Fsp3) is 0.429. The molecule has 0 unspecified atom stereocenters. The molecule has 1 aromatic heterocycles. The van der Waals surface area contributed by atoms with Gasteiger partial charge in [-0.05, 0) is 49.9 Å². The molecule has 7 nitrogen and oxygen atoms in total. The first-order valence-corrected chi connectivity index (χ1v) is 9.95. The maximum absolute atomic E-state index is 12.4. The Morgan fingerprint density at radius 1 is 1.04 bits per heavy atom. The predicted molar refractivity (Wildman–Crippen MR) is 109 cm³/mol. The molecule has 1 amide bonds. The van der Waals surface area contributed by atoms with Crippen molar-refractivity contribution in [2.45, 2.75) is 38.5 Å². The summed E-state index contributed by atoms with van der Waals surface area (Å²) >= 11 is 0. The zero-order valence-electron chi connectivity index (χ0n) is 15.9. The lowest BCUT2D eigenvalue weighted by molar-refractivity contribution is -0.125. The number of aromatic nitrogens is 2. The van der Waals surface area contributed by atoms with E-state index in [0.717, 1.165) is 30.2 Å². The number of ketones is 1. The number of hydrogen-bond donors (Lipinski definition) is 2. The second-order valence-electron chi connectivity index (χ2n) is 7.50. The lowest BCUT2D eigenvalue weighted by Crippen LogP contribution is -2.27. The molecule has 4 rings (SSSR count). The van der Waals surface area contributed by atoms with Crippen molar-refractivity contribution in [1.82, 2.24) is 10.2 Å². The minimum absolute atomic E-state index is 0.00242. The van der Waals surface area contributed by atoms with Gasteiger partial charge >= 0.3 is 0 Å². The number of benzene rings is 1. The molecule has 2 heterocycles. The number of anilines is 4. The maximum atomic E-state index is 12.4. The lowest BCUT2D eigenvalue weighted by atomic mass is 9.88. The molecule has 2 aromatic rings. The van der Waals surface area contributed by atoms with Gasteiger partial charge in [0.15, 0.2) is 5.82 Å². The predicted octanol–water partition coefficient (Wildman–Crippen LogP) is 3.52. The van der Waals surface area contributed by atoms with Gasteiger partial charge in [-0.3, -0.25) is 9.59 Å². The third kappa shape index (κ3) is 4.47. The fourth-order valence-corrected chi connectivity index (χ4v) is 3.80. The molecule has 1 saturated heterocycles. The molecule has 0 atom stereocenters. The molecule has 0 radical (unpaired) electrons. The molecule has 1 aliphatic carbocycles. The van der Waals surface area contributed by atoms with Gasteiger partial charge in [0, 0.05) is 49.3 Å². The minimum Gasteiger partial charge on any atom is -0.370 e. The van der Waals surface area contributed by atoms with E-state index in [0.29, 0.717) is 31.5 Å². The van der Waals surface area contributed by atoms with Gasteiger partial charge in [-0.1, -0.05) is 0 Å². The van der Waals surface area contributed by atoms with Gasteiger partial charge in [-0.15, -0.1) is 5.10 Å². The van der Waals surface area contributed by atoms with Crippen molar-refractivity contribution >= 4 is 34.6 Å². The summed E-state index contributed by atoms with van der Waals surface area (Å²) in [5, 5.41) is 14.5. The van der Waals surface area contributed by atoms with Gasteiger partial charge in [-0.2, -0.15) is 5.10 Å². The topological polar surface area (TPSA) is 87.2 Å². The van der Waals surface area contributed by atoms with E-state index in [1.807, 2.05) is 30.3 Å². The van der Waals surface area contributed by atoms with Crippen LogP contribution in [0.2, 0.25) is 0 Å². The summed E-state index contributed by atoms with van der Waals surface area (Å²) in [6, 6.07) is 9.56. The monoisotopic (exact) mass is 379 g/mol. The van der Waals surface area contributed by atoms with Crippen molar-refractivity contribution in [2.75, 3.05) is 28.6 Å². The van der Waals surface area contributed by atoms with Gasteiger partial charge in [0.05, 0.1) is 11.9 Å². The standard InChI is InChI=1S/C21H25N5O2/c27-19-9-3-15(4-10-19)21(28)24-17-7-5-16(6-8-17)23-20-13-18(14-22-25-20)26-11-1-2-12-26/h5-8,13-15H,1-4,9-12H2,(H,23,25)(H,24,28). The van der Waals surface area contributed by atoms with Crippen LogP contribution in [0.15, 0.2) is 36.5 Å². The lowest BCUT2D eigenvalue weighted by Gasteiger charge is -2.20. The van der Waals surface area contributed by atoms with Crippen LogP contribution in [-0.2, 0) is 9.59 Å². The van der Waals surface area contributed by atoms with E-state index in [2.05, 4.69) is 25.7 Å². The number of hydrogen-bond acceptors (Lipinski definition) is 6. The minimum atomic E-state index is -0.0703. The summed E-state index contributed by atoms with van der Waals surface area (Å²) in [4.78, 5) is 26.0. The SMILES string of the molecule is O=C1CCC(C(=O)Nc2ccc(Nc3cc(N4CCCC4)cnn3)cc2)CC1. The van der Waals surface area contributed by atoms with E-state index in [1.54, 1.807) is 6.20 Å². The third-order valence-corrected chi connectivity index (χ3v) is 5.45. The van der Waals surface area contributed by atoms with Crippen molar-refractivity contribution in [1.29, 1.82) is 0 Å². The number of carbonyl (C=O) groups excluding carboxylic acids is 2. The maximum Gasteiger partial charge on any atom is 0.227 e. The molecular weight excluding hydrogens is 354 g/mol. The Bertz CT molecular complexity index is 836. The molecule has 0 spiro atoms. The highest BCUT2D eigenvalue weighted by Crippen LogP contribution is 2.25. The Labute approximate surface area is 164 Å². The number of nitrogens with one attached hydrogen (secondary N) is 2. The van der Waals surface area contributed by atoms with E-state index in [4.69, 9.17) is 0 Å². The van der Waals surface area contributed by atoms with Crippen LogP contribution in [0.5, 0.6) is 0 Å². The molecular formula is C21H25N5O2. The normalized spacial score (nSPS) is 17.6. The number of nitrogens with zero attached hydrogens (tertiary/aromatic N) is 3. The van der Waals surface area contributed by atoms with Gasteiger partial charge in [0.1, 0.15) is 5.78 Å². The summed E-state index contributed by atoms with van der Waals surface area (Å²) in [6.45, 7) is 2.13. The van der Waals surface area contributed by atoms with E-state index in [1.165, 1.54) is 12.8 Å². The smallest absolute Gasteiger partial charge is 0.227 e. The first-order chi connectivity index (χ1) is 13.7. The van der Waals surface area contributed by atoms with Crippen molar-refractivity contribution in [3.05, 3.63) is 36.5 Å². The van der Waals surface area contributed by atoms with Crippen LogP contribution in [0.25, 0.3) is 0 Å². The largest absolute Gasteiger partial charge is 0.370 e. The first-order valence-electron chi connectivity index (χ1n) is 9.95. The molecule has 2 fully saturated rings. The van der Waals surface area contributed by atoms with E-state index < -0.39 is 0 Å². The fourth-order valence-electron chi connectivity index (χ4n) is 3.80. The highest BCUT2D eigenvalue weighted by Gasteiger charge is 2.24. The molecule has 1 aliphatic heterocycles. The second-order valence-corrected chi connectivity index (χ2v) is 7.50. The number of amides is 1. The Balaban J connectivity index is 1.35. The van der Waals surface area contributed by atoms with Crippen LogP contribution >= 0.6 is 0 Å². The van der Waals surface area contributed by atoms with Crippen LogP contribution < -0.4 is 15.5 Å². The third-order valence-electron chi connectivity index (χ3n) is 5.45. The van der Waals surface area contributed by atoms with Crippen LogP contribution in [-0.4, -0.2) is 35.0 Å². The summed E-state index contributed by atoms with van der Waals surface area (Å²) in [7, 11) is 0. The number of Topliss-reactive ketones (excluding diaryl/α,β-unsaturated/α-hetero) is 1. The van der Waals surface area contributed by atoms with Crippen LogP contribution in [0, 0.1) is 5.92 Å². The second kappa shape index (κ2) is 8.37. The molecule has 28 heavy (non-hydrogen) atoms. The van der Waals surface area contributed by atoms with E-state index in [9.17, 15) is 9.59 Å². The van der Waals surface area contributed by atoms with Crippen LogP contribution in [0.4, 0.5) is 22.9 Å². The van der Waals surface area contributed by atoms with Crippen molar-refractivity contribution in [3.8, 4) is 0 Å². The van der Waals surface area contributed by atoms with Gasteiger partial charge < -0.3 is 15.5 Å². The zero-order chi connectivity index (χ0) is 19.3. The average molecular weight is 379 g/mol. The molecule has 1 aromatic carbocycles. The Hall–Kier alpha value is -2.96. The van der Waals surface area contributed by atoms with Crippen LogP contribution in [0.3, 0.4) is 0 Å². The van der Waals surface area contributed by atoms with Gasteiger partial charge in [0.25, 0.3) is 0 Å². The average Bonchev–Trinajstić information content (AvgIpc) is 3.25. The molecule has 146 valence electrons. The van der Waals surface area contributed by atoms with Crippen LogP contribution in [0.1, 0.15) is 38.5 Å². The van der Waals surface area contributed by atoms with E-state index >= 15 is 0 Å². The molecule has 2 aliphatic rings. The summed E-state index contributed by atoms with van der Waals surface area (Å²) in [5.74, 6) is 0.890. The van der Waals surface area contributed by atoms with Crippen molar-refractivity contribution in [2.24, 2.45) is 5.92 Å². The molecule has 1 saturated carbocycles. The summed E-state index contributed by atoms with van der Waals surface area (Å²) in [5.41, 5.74) is 2.73. The highest BCUT2D eigenvalue weighted by atomic mass is 16.2. The number of rotatable bonds is 5. The molecule has 2 N–H and O–H groups in total. The Morgan fingerprint density at radius 2 is 1.71 bits per heavy atom. The Morgan fingerprint density at radius 3 is 2.43 bits per heavy atom.